The van der Waals surface area contributed by atoms with Gasteiger partial charge in [-0.1, -0.05) is 38.4 Å². The minimum Gasteiger partial charge on any atom is -0.409 e. The zero-order valence-corrected chi connectivity index (χ0v) is 11.6. The fourth-order valence-corrected chi connectivity index (χ4v) is 1.45. The number of hydrogen-bond donors (Lipinski definition) is 0. The lowest BCUT2D eigenvalue weighted by molar-refractivity contribution is 0.172. The Morgan fingerprint density at radius 1 is 1.29 bits per heavy atom. The van der Waals surface area contributed by atoms with Crippen molar-refractivity contribution in [1.82, 2.24) is 4.90 Å². The lowest BCUT2D eigenvalue weighted by atomic mass is 9.87. The van der Waals surface area contributed by atoms with Crippen LogP contribution in [0.4, 0.5) is 4.79 Å². The zero-order valence-electron chi connectivity index (χ0n) is 10.9. The van der Waals surface area contributed by atoms with Gasteiger partial charge in [0.05, 0.1) is 5.02 Å². The lowest BCUT2D eigenvalue weighted by Gasteiger charge is -2.20. The Morgan fingerprint density at radius 2 is 1.88 bits per heavy atom. The molecule has 0 aliphatic carbocycles. The molecule has 1 amide bonds. The normalized spacial score (nSPS) is 11.2. The molecule has 1 aromatic carbocycles. The summed E-state index contributed by atoms with van der Waals surface area (Å²) in [6.07, 6.45) is -0.435. The Bertz CT molecular complexity index is 422. The first-order valence-electron chi connectivity index (χ1n) is 5.41. The first kappa shape index (κ1) is 13.8. The lowest BCUT2D eigenvalue weighted by Crippen LogP contribution is -2.25. The molecule has 4 heteroatoms. The second kappa shape index (κ2) is 4.96. The Labute approximate surface area is 107 Å². The highest BCUT2D eigenvalue weighted by Gasteiger charge is 2.16. The summed E-state index contributed by atoms with van der Waals surface area (Å²) in [5.41, 5.74) is 1.13. The van der Waals surface area contributed by atoms with Gasteiger partial charge in [0.2, 0.25) is 0 Å². The standard InChI is InChI=1S/C13H18ClNO2/c1-13(2,3)9-6-7-11(10(14)8-9)17-12(16)15(4)5/h6-8H,1-5H3. The number of carbonyl (C=O) groups is 1. The van der Waals surface area contributed by atoms with E-state index in [0.717, 1.165) is 5.56 Å². The molecule has 1 aromatic rings. The van der Waals surface area contributed by atoms with Gasteiger partial charge in [-0.25, -0.2) is 4.79 Å². The summed E-state index contributed by atoms with van der Waals surface area (Å²) in [4.78, 5) is 12.7. The quantitative estimate of drug-likeness (QED) is 0.766. The highest BCUT2D eigenvalue weighted by atomic mass is 35.5. The molecular weight excluding hydrogens is 238 g/mol. The molecule has 0 N–H and O–H groups in total. The number of nitrogens with zero attached hydrogens (tertiary/aromatic N) is 1. The van der Waals surface area contributed by atoms with Crippen LogP contribution < -0.4 is 4.74 Å². The Balaban J connectivity index is 2.95. The van der Waals surface area contributed by atoms with Crippen molar-refractivity contribution in [2.24, 2.45) is 0 Å². The van der Waals surface area contributed by atoms with Crippen LogP contribution in [0, 0.1) is 0 Å². The van der Waals surface area contributed by atoms with Gasteiger partial charge in [-0.3, -0.25) is 0 Å². The van der Waals surface area contributed by atoms with Crippen LogP contribution in [0.3, 0.4) is 0 Å². The third kappa shape index (κ3) is 3.63. The summed E-state index contributed by atoms with van der Waals surface area (Å²) >= 11 is 6.09. The smallest absolute Gasteiger partial charge is 0.409 e. The molecule has 0 fully saturated rings. The number of carbonyl (C=O) groups excluding carboxylic acids is 1. The van der Waals surface area contributed by atoms with Gasteiger partial charge in [0, 0.05) is 14.1 Å². The molecule has 0 bridgehead atoms. The summed E-state index contributed by atoms with van der Waals surface area (Å²) < 4.78 is 5.13. The molecule has 0 spiro atoms. The van der Waals surface area contributed by atoms with Crippen molar-refractivity contribution >= 4 is 17.7 Å². The average molecular weight is 256 g/mol. The molecule has 0 aliphatic heterocycles. The number of benzene rings is 1. The maximum atomic E-state index is 11.4. The van der Waals surface area contributed by atoms with E-state index in [1.807, 2.05) is 12.1 Å². The Hall–Kier alpha value is -1.22. The first-order chi connectivity index (χ1) is 7.71. The van der Waals surface area contributed by atoms with Crippen LogP contribution in [0.15, 0.2) is 18.2 Å². The van der Waals surface area contributed by atoms with Crippen molar-refractivity contribution in [3.05, 3.63) is 28.8 Å². The molecule has 0 radical (unpaired) electrons. The summed E-state index contributed by atoms with van der Waals surface area (Å²) in [6, 6.07) is 5.48. The Kier molecular flexibility index (Phi) is 4.04. The van der Waals surface area contributed by atoms with E-state index in [-0.39, 0.29) is 5.41 Å². The van der Waals surface area contributed by atoms with Crippen LogP contribution in [0.2, 0.25) is 5.02 Å². The van der Waals surface area contributed by atoms with E-state index < -0.39 is 6.09 Å². The van der Waals surface area contributed by atoms with Crippen molar-refractivity contribution in [2.75, 3.05) is 14.1 Å². The fourth-order valence-electron chi connectivity index (χ4n) is 1.24. The van der Waals surface area contributed by atoms with Crippen LogP contribution in [0.1, 0.15) is 26.3 Å². The molecule has 0 heterocycles. The third-order valence-electron chi connectivity index (χ3n) is 2.36. The minimum atomic E-state index is -0.435. The monoisotopic (exact) mass is 255 g/mol. The van der Waals surface area contributed by atoms with Crippen LogP contribution >= 0.6 is 11.6 Å². The summed E-state index contributed by atoms with van der Waals surface area (Å²) in [6.45, 7) is 6.30. The highest BCUT2D eigenvalue weighted by molar-refractivity contribution is 6.32. The van der Waals surface area contributed by atoms with E-state index in [0.29, 0.717) is 10.8 Å². The second-order valence-corrected chi connectivity index (χ2v) is 5.56. The molecular formula is C13H18ClNO2. The number of halogens is 1. The molecule has 94 valence electrons. The van der Waals surface area contributed by atoms with E-state index in [2.05, 4.69) is 20.8 Å². The zero-order chi connectivity index (χ0) is 13.2. The van der Waals surface area contributed by atoms with E-state index in [1.54, 1.807) is 20.2 Å². The highest BCUT2D eigenvalue weighted by Crippen LogP contribution is 2.31. The van der Waals surface area contributed by atoms with E-state index >= 15 is 0 Å². The van der Waals surface area contributed by atoms with Gasteiger partial charge in [-0.2, -0.15) is 0 Å². The topological polar surface area (TPSA) is 29.5 Å². The number of rotatable bonds is 1. The number of amides is 1. The van der Waals surface area contributed by atoms with Gasteiger partial charge < -0.3 is 9.64 Å². The van der Waals surface area contributed by atoms with Crippen LogP contribution in [-0.2, 0) is 5.41 Å². The summed E-state index contributed by atoms with van der Waals surface area (Å²) in [5.74, 6) is 0.387. The minimum absolute atomic E-state index is 0.0216. The van der Waals surface area contributed by atoms with Gasteiger partial charge in [0.1, 0.15) is 0 Å². The van der Waals surface area contributed by atoms with E-state index in [4.69, 9.17) is 16.3 Å². The molecule has 0 atom stereocenters. The van der Waals surface area contributed by atoms with Gasteiger partial charge in [-0.15, -0.1) is 0 Å². The number of ether oxygens (including phenoxy) is 1. The molecule has 0 unspecified atom stereocenters. The van der Waals surface area contributed by atoms with Crippen molar-refractivity contribution in [3.8, 4) is 5.75 Å². The van der Waals surface area contributed by atoms with Crippen LogP contribution in [-0.4, -0.2) is 25.1 Å². The molecule has 0 saturated heterocycles. The molecule has 0 aromatic heterocycles. The molecule has 17 heavy (non-hydrogen) atoms. The van der Waals surface area contributed by atoms with Crippen molar-refractivity contribution in [3.63, 3.8) is 0 Å². The average Bonchev–Trinajstić information content (AvgIpc) is 2.19. The molecule has 0 saturated carbocycles. The third-order valence-corrected chi connectivity index (χ3v) is 2.66. The SMILES string of the molecule is CN(C)C(=O)Oc1ccc(C(C)(C)C)cc1Cl. The van der Waals surface area contributed by atoms with Crippen LogP contribution in [0.5, 0.6) is 5.75 Å². The predicted molar refractivity (Wildman–Crippen MR) is 69.9 cm³/mol. The largest absolute Gasteiger partial charge is 0.414 e. The van der Waals surface area contributed by atoms with Gasteiger partial charge >= 0.3 is 6.09 Å². The first-order valence-corrected chi connectivity index (χ1v) is 5.79. The van der Waals surface area contributed by atoms with Crippen LogP contribution in [0.25, 0.3) is 0 Å². The van der Waals surface area contributed by atoms with Gasteiger partial charge in [0.15, 0.2) is 5.75 Å². The van der Waals surface area contributed by atoms with Gasteiger partial charge in [0.25, 0.3) is 0 Å². The molecule has 1 rings (SSSR count). The van der Waals surface area contributed by atoms with Crippen molar-refractivity contribution < 1.29 is 9.53 Å². The molecule has 3 nitrogen and oxygen atoms in total. The van der Waals surface area contributed by atoms with E-state index in [1.165, 1.54) is 4.90 Å². The number of hydrogen-bond acceptors (Lipinski definition) is 2. The summed E-state index contributed by atoms with van der Waals surface area (Å²) in [5, 5.41) is 0.452. The predicted octanol–water partition coefficient (Wildman–Crippen LogP) is 3.70. The van der Waals surface area contributed by atoms with Crippen molar-refractivity contribution in [2.45, 2.75) is 26.2 Å². The molecule has 0 aliphatic rings. The maximum Gasteiger partial charge on any atom is 0.414 e. The summed E-state index contributed by atoms with van der Waals surface area (Å²) in [7, 11) is 3.25. The van der Waals surface area contributed by atoms with Gasteiger partial charge in [-0.05, 0) is 23.1 Å². The second-order valence-electron chi connectivity index (χ2n) is 5.16. The fraction of sp³-hybridized carbons (Fsp3) is 0.462. The van der Waals surface area contributed by atoms with E-state index in [9.17, 15) is 4.79 Å². The van der Waals surface area contributed by atoms with Crippen molar-refractivity contribution in [1.29, 1.82) is 0 Å². The Morgan fingerprint density at radius 3 is 2.29 bits per heavy atom. The maximum absolute atomic E-state index is 11.4.